The fourth-order valence-corrected chi connectivity index (χ4v) is 2.79. The Bertz CT molecular complexity index is 910. The van der Waals surface area contributed by atoms with Crippen LogP contribution in [0.15, 0.2) is 72.0 Å². The molecular formula is C21H22N4S. The third kappa shape index (κ3) is 5.04. The molecular weight excluding hydrogens is 340 g/mol. The van der Waals surface area contributed by atoms with Crippen LogP contribution in [0.2, 0.25) is 0 Å². The van der Waals surface area contributed by atoms with Crippen LogP contribution in [0.5, 0.6) is 0 Å². The first kappa shape index (κ1) is 17.9. The molecule has 0 spiro atoms. The molecule has 1 aromatic heterocycles. The summed E-state index contributed by atoms with van der Waals surface area (Å²) < 4.78 is 2.15. The summed E-state index contributed by atoms with van der Waals surface area (Å²) >= 11 is 5.28. The lowest BCUT2D eigenvalue weighted by Gasteiger charge is -2.08. The Morgan fingerprint density at radius 3 is 2.62 bits per heavy atom. The van der Waals surface area contributed by atoms with Crippen LogP contribution in [0.4, 0.5) is 5.69 Å². The monoisotopic (exact) mass is 362 g/mol. The van der Waals surface area contributed by atoms with Crippen molar-refractivity contribution in [1.82, 2.24) is 9.99 Å². The number of thiocarbonyl (C=S) groups is 1. The van der Waals surface area contributed by atoms with E-state index in [9.17, 15) is 0 Å². The first-order valence-corrected chi connectivity index (χ1v) is 8.88. The first-order chi connectivity index (χ1) is 12.6. The van der Waals surface area contributed by atoms with E-state index in [1.54, 1.807) is 6.21 Å². The Kier molecular flexibility index (Phi) is 5.81. The van der Waals surface area contributed by atoms with Crippen LogP contribution in [0, 0.1) is 13.8 Å². The lowest BCUT2D eigenvalue weighted by atomic mass is 10.1. The normalized spacial score (nSPS) is 10.8. The summed E-state index contributed by atoms with van der Waals surface area (Å²) in [7, 11) is 0. The second kappa shape index (κ2) is 8.45. The molecule has 4 nitrogen and oxygen atoms in total. The van der Waals surface area contributed by atoms with Crippen LogP contribution in [0.3, 0.4) is 0 Å². The highest BCUT2D eigenvalue weighted by Crippen LogP contribution is 2.10. The Hall–Kier alpha value is -2.92. The number of aromatic nitrogens is 1. The van der Waals surface area contributed by atoms with Crippen LogP contribution < -0.4 is 10.7 Å². The van der Waals surface area contributed by atoms with E-state index >= 15 is 0 Å². The van der Waals surface area contributed by atoms with Crippen molar-refractivity contribution in [1.29, 1.82) is 0 Å². The molecule has 0 fully saturated rings. The summed E-state index contributed by atoms with van der Waals surface area (Å²) in [5, 5.41) is 7.83. The topological polar surface area (TPSA) is 41.4 Å². The molecule has 2 aromatic carbocycles. The standard InChI is InChI=1S/C21H22N4S/c1-16-8-10-18(11-9-16)15-25-12-4-7-20(25)14-22-24-21(26)23-19-6-3-5-17(2)13-19/h3-14H,15H2,1-2H3,(H2,23,24,26)/b22-14-. The molecule has 132 valence electrons. The Morgan fingerprint density at radius 1 is 1.04 bits per heavy atom. The lowest BCUT2D eigenvalue weighted by Crippen LogP contribution is -2.24. The molecule has 0 aliphatic heterocycles. The zero-order chi connectivity index (χ0) is 18.4. The van der Waals surface area contributed by atoms with E-state index in [0.717, 1.165) is 17.9 Å². The first-order valence-electron chi connectivity index (χ1n) is 8.47. The quantitative estimate of drug-likeness (QED) is 0.400. The third-order valence-corrected chi connectivity index (χ3v) is 4.17. The van der Waals surface area contributed by atoms with Gasteiger partial charge in [-0.2, -0.15) is 5.10 Å². The molecule has 0 unspecified atom stereocenters. The van der Waals surface area contributed by atoms with Gasteiger partial charge in [-0.15, -0.1) is 0 Å². The summed E-state index contributed by atoms with van der Waals surface area (Å²) in [5.74, 6) is 0. The summed E-state index contributed by atoms with van der Waals surface area (Å²) in [5.41, 5.74) is 8.52. The fourth-order valence-electron chi connectivity index (χ4n) is 2.62. The molecule has 3 rings (SSSR count). The van der Waals surface area contributed by atoms with Gasteiger partial charge in [0.05, 0.1) is 11.9 Å². The van der Waals surface area contributed by atoms with Crippen molar-refractivity contribution in [3.63, 3.8) is 0 Å². The highest BCUT2D eigenvalue weighted by atomic mass is 32.1. The van der Waals surface area contributed by atoms with Crippen molar-refractivity contribution in [3.8, 4) is 0 Å². The second-order valence-electron chi connectivity index (χ2n) is 6.24. The maximum atomic E-state index is 5.28. The predicted octanol–water partition coefficient (Wildman–Crippen LogP) is 4.47. The van der Waals surface area contributed by atoms with Crippen molar-refractivity contribution in [2.24, 2.45) is 5.10 Å². The van der Waals surface area contributed by atoms with Crippen molar-refractivity contribution < 1.29 is 0 Å². The number of aryl methyl sites for hydroxylation is 2. The number of nitrogens with zero attached hydrogens (tertiary/aromatic N) is 2. The summed E-state index contributed by atoms with van der Waals surface area (Å²) in [6, 6.07) is 20.6. The minimum absolute atomic E-state index is 0.462. The molecule has 0 amide bonds. The number of nitrogens with one attached hydrogen (secondary N) is 2. The van der Waals surface area contributed by atoms with Crippen LogP contribution >= 0.6 is 12.2 Å². The van der Waals surface area contributed by atoms with Crippen molar-refractivity contribution in [3.05, 3.63) is 89.2 Å². The van der Waals surface area contributed by atoms with Gasteiger partial charge in [-0.25, -0.2) is 0 Å². The molecule has 5 heteroatoms. The van der Waals surface area contributed by atoms with Gasteiger partial charge in [0, 0.05) is 18.4 Å². The van der Waals surface area contributed by atoms with Gasteiger partial charge in [-0.3, -0.25) is 5.43 Å². The number of anilines is 1. The van der Waals surface area contributed by atoms with Crippen molar-refractivity contribution >= 4 is 29.2 Å². The predicted molar refractivity (Wildman–Crippen MR) is 113 cm³/mol. The van der Waals surface area contributed by atoms with Gasteiger partial charge >= 0.3 is 0 Å². The highest BCUT2D eigenvalue weighted by molar-refractivity contribution is 7.80. The van der Waals surface area contributed by atoms with Gasteiger partial charge in [0.1, 0.15) is 0 Å². The maximum absolute atomic E-state index is 5.28. The van der Waals surface area contributed by atoms with Crippen LogP contribution in [0.1, 0.15) is 22.4 Å². The van der Waals surface area contributed by atoms with Crippen LogP contribution in [-0.2, 0) is 6.54 Å². The molecule has 0 saturated heterocycles. The molecule has 0 radical (unpaired) electrons. The Balaban J connectivity index is 1.58. The fraction of sp³-hybridized carbons (Fsp3) is 0.143. The molecule has 0 bridgehead atoms. The minimum Gasteiger partial charge on any atom is -0.342 e. The van der Waals surface area contributed by atoms with E-state index in [1.165, 1.54) is 16.7 Å². The van der Waals surface area contributed by atoms with Crippen molar-refractivity contribution in [2.75, 3.05) is 5.32 Å². The number of hydrazone groups is 1. The maximum Gasteiger partial charge on any atom is 0.191 e. The van der Waals surface area contributed by atoms with E-state index in [-0.39, 0.29) is 0 Å². The molecule has 26 heavy (non-hydrogen) atoms. The van der Waals surface area contributed by atoms with E-state index in [0.29, 0.717) is 5.11 Å². The molecule has 0 aliphatic rings. The average Bonchev–Trinajstić information content (AvgIpc) is 3.04. The largest absolute Gasteiger partial charge is 0.342 e. The zero-order valence-electron chi connectivity index (χ0n) is 14.9. The number of rotatable bonds is 5. The summed E-state index contributed by atoms with van der Waals surface area (Å²) in [6.07, 6.45) is 3.82. The van der Waals surface area contributed by atoms with E-state index < -0.39 is 0 Å². The molecule has 0 atom stereocenters. The average molecular weight is 363 g/mol. The lowest BCUT2D eigenvalue weighted by molar-refractivity contribution is 0.798. The molecule has 0 saturated carbocycles. The number of hydrogen-bond donors (Lipinski definition) is 2. The third-order valence-electron chi connectivity index (χ3n) is 3.98. The van der Waals surface area contributed by atoms with Gasteiger partial charge in [0.2, 0.25) is 0 Å². The molecule has 3 aromatic rings. The zero-order valence-corrected chi connectivity index (χ0v) is 15.8. The van der Waals surface area contributed by atoms with E-state index in [4.69, 9.17) is 12.2 Å². The van der Waals surface area contributed by atoms with Gasteiger partial charge in [0.25, 0.3) is 0 Å². The molecule has 0 aliphatic carbocycles. The van der Waals surface area contributed by atoms with Crippen molar-refractivity contribution in [2.45, 2.75) is 20.4 Å². The summed E-state index contributed by atoms with van der Waals surface area (Å²) in [6.45, 7) is 4.94. The number of benzene rings is 2. The van der Waals surface area contributed by atoms with Gasteiger partial charge < -0.3 is 9.88 Å². The number of hydrogen-bond acceptors (Lipinski definition) is 2. The Morgan fingerprint density at radius 2 is 1.85 bits per heavy atom. The second-order valence-corrected chi connectivity index (χ2v) is 6.65. The van der Waals surface area contributed by atoms with Crippen LogP contribution in [0.25, 0.3) is 0 Å². The van der Waals surface area contributed by atoms with E-state index in [1.807, 2.05) is 49.5 Å². The van der Waals surface area contributed by atoms with Gasteiger partial charge in [-0.05, 0) is 61.5 Å². The SMILES string of the molecule is Cc1ccc(Cn2cccc2/C=N\NC(=S)Nc2cccc(C)c2)cc1. The Labute approximate surface area is 159 Å². The van der Waals surface area contributed by atoms with E-state index in [2.05, 4.69) is 51.6 Å². The highest BCUT2D eigenvalue weighted by Gasteiger charge is 2.00. The van der Waals surface area contributed by atoms with Gasteiger partial charge in [0.15, 0.2) is 5.11 Å². The summed E-state index contributed by atoms with van der Waals surface area (Å²) in [4.78, 5) is 0. The van der Waals surface area contributed by atoms with Gasteiger partial charge in [-0.1, -0.05) is 42.0 Å². The smallest absolute Gasteiger partial charge is 0.191 e. The molecule has 1 heterocycles. The molecule has 2 N–H and O–H groups in total. The van der Waals surface area contributed by atoms with Crippen LogP contribution in [-0.4, -0.2) is 15.9 Å². The minimum atomic E-state index is 0.462.